The molecule has 1 aromatic carbocycles. The van der Waals surface area contributed by atoms with Crippen molar-refractivity contribution in [2.24, 2.45) is 5.92 Å². The molecule has 102 valence electrons. The van der Waals surface area contributed by atoms with E-state index in [0.29, 0.717) is 5.92 Å². The summed E-state index contributed by atoms with van der Waals surface area (Å²) in [5.41, 5.74) is 0.370. The van der Waals surface area contributed by atoms with E-state index in [1.165, 1.54) is 0 Å². The lowest BCUT2D eigenvalue weighted by Gasteiger charge is -2.28. The van der Waals surface area contributed by atoms with E-state index in [4.69, 9.17) is 0 Å². The average molecular weight is 280 g/mol. The lowest BCUT2D eigenvalue weighted by atomic mass is 9.90. The van der Waals surface area contributed by atoms with Crippen LogP contribution in [0.1, 0.15) is 36.9 Å². The molecule has 5 heteroatoms. The molecule has 1 aromatic rings. The lowest BCUT2D eigenvalue weighted by molar-refractivity contribution is -0.137. The fourth-order valence-electron chi connectivity index (χ4n) is 2.27. The van der Waals surface area contributed by atoms with E-state index in [2.05, 4.69) is 12.2 Å². The fraction of sp³-hybridized carbons (Fsp3) is 0.538. The molecular formula is C13H17ClF3N. The Labute approximate surface area is 111 Å². The van der Waals surface area contributed by atoms with Crippen molar-refractivity contribution in [3.05, 3.63) is 35.4 Å². The molecule has 1 aliphatic rings. The molecule has 0 saturated carbocycles. The van der Waals surface area contributed by atoms with E-state index < -0.39 is 11.7 Å². The van der Waals surface area contributed by atoms with Crippen molar-refractivity contribution in [3.63, 3.8) is 0 Å². The molecular weight excluding hydrogens is 263 g/mol. The standard InChI is InChI=1S/C13H16F3N.ClH/c1-9-6-7-17-12(8-9)10-2-4-11(5-3-10)13(14,15)16;/h2-5,9,12,17H,6-8H2,1H3;1H/t9-,12+;/m0./s1. The zero-order chi connectivity index (χ0) is 12.5. The van der Waals surface area contributed by atoms with Gasteiger partial charge in [-0.25, -0.2) is 0 Å². The van der Waals surface area contributed by atoms with Crippen LogP contribution in [-0.4, -0.2) is 6.54 Å². The van der Waals surface area contributed by atoms with Gasteiger partial charge in [0.1, 0.15) is 0 Å². The summed E-state index contributed by atoms with van der Waals surface area (Å²) in [5.74, 6) is 0.628. The first-order valence-corrected chi connectivity index (χ1v) is 5.87. The molecule has 0 bridgehead atoms. The predicted molar refractivity (Wildman–Crippen MR) is 67.8 cm³/mol. The molecule has 1 heterocycles. The minimum absolute atomic E-state index is 0. The molecule has 2 atom stereocenters. The largest absolute Gasteiger partial charge is 0.416 e. The highest BCUT2D eigenvalue weighted by Gasteiger charge is 2.30. The third-order valence-corrected chi connectivity index (χ3v) is 3.31. The van der Waals surface area contributed by atoms with Crippen molar-refractivity contribution in [1.29, 1.82) is 0 Å². The highest BCUT2D eigenvalue weighted by atomic mass is 35.5. The highest BCUT2D eigenvalue weighted by Crippen LogP contribution is 2.32. The third-order valence-electron chi connectivity index (χ3n) is 3.31. The van der Waals surface area contributed by atoms with Crippen LogP contribution in [0.5, 0.6) is 0 Å². The number of rotatable bonds is 1. The Bertz CT molecular complexity index is 375. The number of halogens is 4. The Morgan fingerprint density at radius 2 is 1.78 bits per heavy atom. The van der Waals surface area contributed by atoms with Crippen LogP contribution < -0.4 is 5.32 Å². The van der Waals surface area contributed by atoms with Gasteiger partial charge in [-0.1, -0.05) is 19.1 Å². The summed E-state index contributed by atoms with van der Waals surface area (Å²) >= 11 is 0. The minimum Gasteiger partial charge on any atom is -0.310 e. The smallest absolute Gasteiger partial charge is 0.310 e. The maximum atomic E-state index is 12.4. The number of alkyl halides is 3. The van der Waals surface area contributed by atoms with Crippen LogP contribution >= 0.6 is 12.4 Å². The van der Waals surface area contributed by atoms with Crippen LogP contribution in [0.3, 0.4) is 0 Å². The lowest BCUT2D eigenvalue weighted by Crippen LogP contribution is -2.30. The molecule has 1 fully saturated rings. The Kier molecular flexibility index (Phi) is 5.05. The van der Waals surface area contributed by atoms with Crippen LogP contribution in [0.25, 0.3) is 0 Å². The molecule has 0 amide bonds. The SMILES string of the molecule is C[C@H]1CCN[C@@H](c2ccc(C(F)(F)F)cc2)C1.Cl. The zero-order valence-corrected chi connectivity index (χ0v) is 10.9. The van der Waals surface area contributed by atoms with Gasteiger partial charge in [-0.3, -0.25) is 0 Å². The van der Waals surface area contributed by atoms with Gasteiger partial charge < -0.3 is 5.32 Å². The second-order valence-electron chi connectivity index (χ2n) is 4.76. The van der Waals surface area contributed by atoms with E-state index in [1.807, 2.05) is 0 Å². The van der Waals surface area contributed by atoms with Crippen LogP contribution in [0, 0.1) is 5.92 Å². The maximum Gasteiger partial charge on any atom is 0.416 e. The monoisotopic (exact) mass is 279 g/mol. The van der Waals surface area contributed by atoms with Gasteiger partial charge in [-0.15, -0.1) is 12.4 Å². The Morgan fingerprint density at radius 1 is 1.17 bits per heavy atom. The van der Waals surface area contributed by atoms with Crippen molar-refractivity contribution in [3.8, 4) is 0 Å². The molecule has 18 heavy (non-hydrogen) atoms. The quantitative estimate of drug-likeness (QED) is 0.813. The van der Waals surface area contributed by atoms with E-state index in [0.717, 1.165) is 37.1 Å². The molecule has 1 saturated heterocycles. The number of hydrogen-bond donors (Lipinski definition) is 1. The topological polar surface area (TPSA) is 12.0 Å². The van der Waals surface area contributed by atoms with Crippen LogP contribution in [0.15, 0.2) is 24.3 Å². The number of benzene rings is 1. The van der Waals surface area contributed by atoms with E-state index in [-0.39, 0.29) is 18.4 Å². The van der Waals surface area contributed by atoms with Crippen LogP contribution in [-0.2, 0) is 6.18 Å². The van der Waals surface area contributed by atoms with E-state index >= 15 is 0 Å². The summed E-state index contributed by atoms with van der Waals surface area (Å²) < 4.78 is 37.2. The number of piperidine rings is 1. The summed E-state index contributed by atoms with van der Waals surface area (Å²) in [5, 5.41) is 3.34. The van der Waals surface area contributed by atoms with Gasteiger partial charge in [0, 0.05) is 6.04 Å². The Morgan fingerprint density at radius 3 is 2.28 bits per heavy atom. The highest BCUT2D eigenvalue weighted by molar-refractivity contribution is 5.85. The fourth-order valence-corrected chi connectivity index (χ4v) is 2.27. The van der Waals surface area contributed by atoms with Gasteiger partial charge in [-0.2, -0.15) is 13.2 Å². The molecule has 2 rings (SSSR count). The average Bonchev–Trinajstić information content (AvgIpc) is 2.28. The normalized spacial score (nSPS) is 24.4. The van der Waals surface area contributed by atoms with Crippen molar-refractivity contribution in [1.82, 2.24) is 5.32 Å². The second kappa shape index (κ2) is 5.93. The van der Waals surface area contributed by atoms with Crippen molar-refractivity contribution in [2.45, 2.75) is 32.0 Å². The molecule has 0 aliphatic carbocycles. The minimum atomic E-state index is -4.24. The molecule has 1 aliphatic heterocycles. The summed E-state index contributed by atoms with van der Waals surface area (Å²) in [7, 11) is 0. The van der Waals surface area contributed by atoms with Gasteiger partial charge in [0.05, 0.1) is 5.56 Å². The number of nitrogens with one attached hydrogen (secondary N) is 1. The van der Waals surface area contributed by atoms with Gasteiger partial charge in [0.15, 0.2) is 0 Å². The van der Waals surface area contributed by atoms with Gasteiger partial charge in [-0.05, 0) is 43.0 Å². The zero-order valence-electron chi connectivity index (χ0n) is 10.1. The van der Waals surface area contributed by atoms with Gasteiger partial charge in [0.2, 0.25) is 0 Å². The van der Waals surface area contributed by atoms with E-state index in [1.54, 1.807) is 12.1 Å². The van der Waals surface area contributed by atoms with Crippen molar-refractivity contribution in [2.75, 3.05) is 6.54 Å². The first-order chi connectivity index (χ1) is 7.97. The Hall–Kier alpha value is -0.740. The van der Waals surface area contributed by atoms with E-state index in [9.17, 15) is 13.2 Å². The summed E-state index contributed by atoms with van der Waals surface area (Å²) in [4.78, 5) is 0. The van der Waals surface area contributed by atoms with Crippen LogP contribution in [0.4, 0.5) is 13.2 Å². The molecule has 1 N–H and O–H groups in total. The Balaban J connectivity index is 0.00000162. The molecule has 0 aromatic heterocycles. The first-order valence-electron chi connectivity index (χ1n) is 5.87. The molecule has 0 spiro atoms. The summed E-state index contributed by atoms with van der Waals surface area (Å²) in [6.45, 7) is 3.12. The summed E-state index contributed by atoms with van der Waals surface area (Å²) in [6.07, 6.45) is -2.12. The third kappa shape index (κ3) is 3.62. The maximum absolute atomic E-state index is 12.4. The molecule has 0 unspecified atom stereocenters. The number of hydrogen-bond acceptors (Lipinski definition) is 1. The van der Waals surface area contributed by atoms with Crippen molar-refractivity contribution < 1.29 is 13.2 Å². The first kappa shape index (κ1) is 15.3. The van der Waals surface area contributed by atoms with Crippen LogP contribution in [0.2, 0.25) is 0 Å². The van der Waals surface area contributed by atoms with Crippen molar-refractivity contribution >= 4 is 12.4 Å². The van der Waals surface area contributed by atoms with Gasteiger partial charge in [0.25, 0.3) is 0 Å². The molecule has 0 radical (unpaired) electrons. The predicted octanol–water partition coefficient (Wildman–Crippen LogP) is 4.19. The summed E-state index contributed by atoms with van der Waals surface area (Å²) in [6, 6.07) is 5.69. The molecule has 1 nitrogen and oxygen atoms in total. The second-order valence-corrected chi connectivity index (χ2v) is 4.76. The van der Waals surface area contributed by atoms with Gasteiger partial charge >= 0.3 is 6.18 Å².